The zero-order chi connectivity index (χ0) is 25.5. The van der Waals surface area contributed by atoms with E-state index in [2.05, 4.69) is 26.9 Å². The third kappa shape index (κ3) is 4.22. The summed E-state index contributed by atoms with van der Waals surface area (Å²) in [6, 6.07) is 11.8. The van der Waals surface area contributed by atoms with Crippen LogP contribution in [0.15, 0.2) is 62.8 Å². The summed E-state index contributed by atoms with van der Waals surface area (Å²) < 4.78 is 10.8. The quantitative estimate of drug-likeness (QED) is 0.561. The molecule has 4 aliphatic rings. The van der Waals surface area contributed by atoms with Crippen molar-refractivity contribution in [1.82, 2.24) is 29.7 Å². The van der Waals surface area contributed by atoms with E-state index < -0.39 is 6.29 Å². The third-order valence-electron chi connectivity index (χ3n) is 7.24. The number of methoxy groups -OCH3 is 1. The summed E-state index contributed by atoms with van der Waals surface area (Å²) in [5.74, 6) is 8.19. The maximum Gasteiger partial charge on any atom is 0.341 e. The molecule has 0 bridgehead atoms. The second-order valence-corrected chi connectivity index (χ2v) is 9.44. The van der Waals surface area contributed by atoms with Crippen molar-refractivity contribution in [2.75, 3.05) is 53.4 Å². The normalized spacial score (nSPS) is 22.2. The molecule has 0 radical (unpaired) electrons. The van der Waals surface area contributed by atoms with Crippen LogP contribution in [0.3, 0.4) is 0 Å². The van der Waals surface area contributed by atoms with Crippen molar-refractivity contribution in [2.24, 2.45) is 15.8 Å². The minimum Gasteiger partial charge on any atom is -0.497 e. The number of aliphatic imine (C=N–C) groups is 2. The van der Waals surface area contributed by atoms with Gasteiger partial charge in [-0.15, -0.1) is 0 Å². The molecular weight excluding hydrogens is 474 g/mol. The van der Waals surface area contributed by atoms with Crippen molar-refractivity contribution in [1.29, 1.82) is 0 Å². The fraction of sp³-hybridized carbons (Fsp3) is 0.400. The Balaban J connectivity index is 1.09. The molecule has 1 aromatic heterocycles. The Morgan fingerprint density at radius 2 is 1.84 bits per heavy atom. The monoisotopic (exact) mass is 505 g/mol. The van der Waals surface area contributed by atoms with Crippen LogP contribution in [0.1, 0.15) is 11.3 Å². The second-order valence-electron chi connectivity index (χ2n) is 9.44. The lowest BCUT2D eigenvalue weighted by atomic mass is 10.2. The number of urea groups is 1. The van der Waals surface area contributed by atoms with Gasteiger partial charge in [-0.3, -0.25) is 14.7 Å². The lowest BCUT2D eigenvalue weighted by molar-refractivity contribution is 0.0796. The highest BCUT2D eigenvalue weighted by atomic mass is 16.5. The topological polar surface area (TPSA) is 110 Å². The Morgan fingerprint density at radius 1 is 1.08 bits per heavy atom. The number of carbonyl (C=O) groups is 1. The van der Waals surface area contributed by atoms with E-state index in [4.69, 9.17) is 20.0 Å². The number of hydrogen-bond acceptors (Lipinski definition) is 10. The summed E-state index contributed by atoms with van der Waals surface area (Å²) in [6.07, 6.45) is 2.61. The average molecular weight is 506 g/mol. The molecule has 2 N–H and O–H groups in total. The first kappa shape index (κ1) is 23.5. The average Bonchev–Trinajstić information content (AvgIpc) is 3.64. The van der Waals surface area contributed by atoms with Gasteiger partial charge in [0, 0.05) is 52.9 Å². The number of carbonyl (C=O) groups excluding carboxylic acids is 1. The van der Waals surface area contributed by atoms with Crippen LogP contribution in [0.2, 0.25) is 0 Å². The highest BCUT2D eigenvalue weighted by molar-refractivity contribution is 6.12. The van der Waals surface area contributed by atoms with Gasteiger partial charge in [-0.1, -0.05) is 12.1 Å². The maximum atomic E-state index is 13.2. The van der Waals surface area contributed by atoms with E-state index in [9.17, 15) is 4.79 Å². The van der Waals surface area contributed by atoms with Gasteiger partial charge in [0.1, 0.15) is 23.5 Å². The molecule has 1 aromatic carbocycles. The molecular formula is C25H31N9O3. The lowest BCUT2D eigenvalue weighted by Gasteiger charge is -2.35. The molecule has 1 atom stereocenters. The molecule has 0 saturated carbocycles. The molecule has 12 heteroatoms. The van der Waals surface area contributed by atoms with Crippen LogP contribution in [-0.2, 0) is 6.54 Å². The Labute approximate surface area is 215 Å². The van der Waals surface area contributed by atoms with Gasteiger partial charge in [0.15, 0.2) is 11.6 Å². The Kier molecular flexibility index (Phi) is 6.07. The minimum absolute atomic E-state index is 0.102. The maximum absolute atomic E-state index is 13.2. The predicted octanol–water partition coefficient (Wildman–Crippen LogP) is 1.27. The van der Waals surface area contributed by atoms with Crippen molar-refractivity contribution in [3.05, 3.63) is 59.7 Å². The van der Waals surface area contributed by atoms with Crippen LogP contribution in [0.5, 0.6) is 5.75 Å². The number of hydrogen-bond donors (Lipinski definition) is 1. The van der Waals surface area contributed by atoms with Gasteiger partial charge in [0.2, 0.25) is 6.29 Å². The summed E-state index contributed by atoms with van der Waals surface area (Å²) >= 11 is 0. The van der Waals surface area contributed by atoms with E-state index in [-0.39, 0.29) is 6.03 Å². The van der Waals surface area contributed by atoms with Crippen LogP contribution < -0.4 is 10.6 Å². The lowest BCUT2D eigenvalue weighted by Crippen LogP contribution is -2.49. The fourth-order valence-corrected chi connectivity index (χ4v) is 5.18. The van der Waals surface area contributed by atoms with E-state index in [0.29, 0.717) is 29.5 Å². The summed E-state index contributed by atoms with van der Waals surface area (Å²) in [5.41, 5.74) is 2.54. The van der Waals surface area contributed by atoms with Gasteiger partial charge in [-0.05, 0) is 29.8 Å². The Bertz CT molecular complexity index is 1230. The summed E-state index contributed by atoms with van der Waals surface area (Å²) in [6.45, 7) is 6.14. The number of benzene rings is 1. The zero-order valence-electron chi connectivity index (χ0n) is 21.0. The number of furan rings is 1. The molecule has 2 aromatic rings. The molecule has 2 amide bonds. The van der Waals surface area contributed by atoms with Crippen molar-refractivity contribution in [2.45, 2.75) is 12.8 Å². The van der Waals surface area contributed by atoms with Crippen molar-refractivity contribution in [3.8, 4) is 5.75 Å². The van der Waals surface area contributed by atoms with E-state index in [1.54, 1.807) is 36.4 Å². The molecule has 6 rings (SSSR count). The van der Waals surface area contributed by atoms with Crippen LogP contribution >= 0.6 is 0 Å². The van der Waals surface area contributed by atoms with Crippen LogP contribution in [0.4, 0.5) is 4.79 Å². The number of amidine groups is 1. The smallest absolute Gasteiger partial charge is 0.341 e. The predicted molar refractivity (Wildman–Crippen MR) is 138 cm³/mol. The third-order valence-corrected chi connectivity index (χ3v) is 7.24. The Morgan fingerprint density at radius 3 is 2.54 bits per heavy atom. The fourth-order valence-electron chi connectivity index (χ4n) is 5.18. The van der Waals surface area contributed by atoms with Gasteiger partial charge in [0.25, 0.3) is 0 Å². The molecule has 194 valence electrons. The first-order valence-corrected chi connectivity index (χ1v) is 12.4. The Hall–Kier alpha value is -3.87. The highest BCUT2D eigenvalue weighted by Crippen LogP contribution is 2.38. The number of rotatable bonds is 7. The summed E-state index contributed by atoms with van der Waals surface area (Å²) in [7, 11) is 3.43. The van der Waals surface area contributed by atoms with Gasteiger partial charge < -0.3 is 9.15 Å². The number of amides is 2. The molecule has 2 fully saturated rings. The SMILES string of the molecule is COc1ccc(CN2CCN(CCN3C(=O)N(C)N4C5=C(c6ccco6)N=CN(N)C5=NC34)CC2)cc1. The summed E-state index contributed by atoms with van der Waals surface area (Å²) in [5, 5.41) is 4.82. The number of piperazine rings is 1. The van der Waals surface area contributed by atoms with Crippen LogP contribution in [0.25, 0.3) is 5.70 Å². The highest BCUT2D eigenvalue weighted by Gasteiger charge is 2.51. The molecule has 5 heterocycles. The van der Waals surface area contributed by atoms with E-state index >= 15 is 0 Å². The number of nitrogens with two attached hydrogens (primary N) is 1. The van der Waals surface area contributed by atoms with Gasteiger partial charge in [-0.25, -0.2) is 35.6 Å². The van der Waals surface area contributed by atoms with Crippen molar-refractivity contribution in [3.63, 3.8) is 0 Å². The van der Waals surface area contributed by atoms with Crippen LogP contribution in [-0.4, -0.2) is 108 Å². The molecule has 1 unspecified atom stereocenters. The molecule has 0 spiro atoms. The standard InChI is InChI=1S/C25H31N9O3/c1-29-25(35)32(14-13-30-9-11-31(12-10-30)16-18-5-7-19(36-2)8-6-18)24-28-23-22(34(24)29)21(27-17-33(23)26)20-4-3-15-37-20/h3-8,15,17,24H,9-14,16,26H2,1-2H3. The number of hydrazine groups is 2. The molecule has 12 nitrogen and oxygen atoms in total. The van der Waals surface area contributed by atoms with Crippen LogP contribution in [0, 0.1) is 0 Å². The van der Waals surface area contributed by atoms with Gasteiger partial charge in [0.05, 0.1) is 13.4 Å². The van der Waals surface area contributed by atoms with Crippen molar-refractivity contribution >= 4 is 23.9 Å². The van der Waals surface area contributed by atoms with Gasteiger partial charge >= 0.3 is 6.03 Å². The van der Waals surface area contributed by atoms with E-state index in [1.165, 1.54) is 16.9 Å². The molecule has 4 aliphatic heterocycles. The van der Waals surface area contributed by atoms with E-state index in [0.717, 1.165) is 45.0 Å². The number of ether oxygens (including phenoxy) is 1. The number of nitrogens with zero attached hydrogens (tertiary/aromatic N) is 8. The molecule has 2 saturated heterocycles. The second kappa shape index (κ2) is 9.54. The molecule has 0 aliphatic carbocycles. The first-order valence-electron chi connectivity index (χ1n) is 12.4. The first-order chi connectivity index (χ1) is 18.0. The molecule has 37 heavy (non-hydrogen) atoms. The van der Waals surface area contributed by atoms with Crippen molar-refractivity contribution < 1.29 is 13.9 Å². The largest absolute Gasteiger partial charge is 0.497 e. The van der Waals surface area contributed by atoms with Gasteiger partial charge in [-0.2, -0.15) is 0 Å². The van der Waals surface area contributed by atoms with E-state index in [1.807, 2.05) is 23.2 Å². The minimum atomic E-state index is -0.503. The summed E-state index contributed by atoms with van der Waals surface area (Å²) in [4.78, 5) is 29.1. The zero-order valence-corrected chi connectivity index (χ0v) is 21.0. The number of fused-ring (bicyclic) bond motifs is 3.